The summed E-state index contributed by atoms with van der Waals surface area (Å²) in [5.41, 5.74) is 2.94. The van der Waals surface area contributed by atoms with E-state index in [1.165, 1.54) is 0 Å². The molecule has 0 aliphatic rings. The van der Waals surface area contributed by atoms with Gasteiger partial charge >= 0.3 is 5.97 Å². The Morgan fingerprint density at radius 1 is 1.33 bits per heavy atom. The fraction of sp³-hybridized carbons (Fsp3) is 0.333. The number of carboxylic acids is 1. The zero-order valence-electron chi connectivity index (χ0n) is 16.4. The van der Waals surface area contributed by atoms with Crippen molar-refractivity contribution in [3.63, 3.8) is 0 Å². The number of hydrogen-bond donors (Lipinski definition) is 1. The second-order valence-electron chi connectivity index (χ2n) is 6.85. The van der Waals surface area contributed by atoms with Crippen LogP contribution < -0.4 is 4.74 Å². The quantitative estimate of drug-likeness (QED) is 0.658. The third-order valence-corrected chi connectivity index (χ3v) is 4.48. The number of hydrogen-bond acceptors (Lipinski definition) is 3. The van der Waals surface area contributed by atoms with E-state index in [1.54, 1.807) is 10.8 Å². The van der Waals surface area contributed by atoms with Gasteiger partial charge in [0.25, 0.3) is 0 Å². The summed E-state index contributed by atoms with van der Waals surface area (Å²) < 4.78 is 9.65. The topological polar surface area (TPSA) is 69.3 Å². The molecule has 6 nitrogen and oxygen atoms in total. The molecule has 27 heavy (non-hydrogen) atoms. The maximum absolute atomic E-state index is 11.5. The second kappa shape index (κ2) is 7.31. The Balaban J connectivity index is 2.21. The van der Waals surface area contributed by atoms with Crippen LogP contribution in [-0.2, 0) is 11.8 Å². The minimum absolute atomic E-state index is 0.0889. The lowest BCUT2D eigenvalue weighted by Crippen LogP contribution is -2.06. The molecule has 0 atom stereocenters. The molecule has 0 aliphatic heterocycles. The Labute approximate surface area is 158 Å². The summed E-state index contributed by atoms with van der Waals surface area (Å²) >= 11 is 0. The first-order valence-corrected chi connectivity index (χ1v) is 9.07. The summed E-state index contributed by atoms with van der Waals surface area (Å²) in [6.07, 6.45) is 4.23. The molecule has 0 saturated heterocycles. The smallest absolute Gasteiger partial charge is 0.331 e. The number of aryl methyl sites for hydroxylation is 2. The molecule has 0 radical (unpaired) electrons. The lowest BCUT2D eigenvalue weighted by Gasteiger charge is -2.12. The van der Waals surface area contributed by atoms with Crippen molar-refractivity contribution >= 4 is 22.9 Å². The van der Waals surface area contributed by atoms with Crippen molar-refractivity contribution in [3.8, 4) is 11.6 Å². The van der Waals surface area contributed by atoms with E-state index >= 15 is 0 Å². The Morgan fingerprint density at radius 2 is 2.07 bits per heavy atom. The normalized spacial score (nSPS) is 12.1. The highest BCUT2D eigenvalue weighted by molar-refractivity contribution is 5.93. The number of aliphatic carboxylic acids is 1. The number of benzene rings is 1. The van der Waals surface area contributed by atoms with Crippen LogP contribution in [-0.4, -0.2) is 31.5 Å². The molecule has 2 aromatic heterocycles. The van der Waals surface area contributed by atoms with Gasteiger partial charge in [-0.15, -0.1) is 0 Å². The average Bonchev–Trinajstić information content (AvgIpc) is 3.11. The van der Waals surface area contributed by atoms with Gasteiger partial charge in [0, 0.05) is 35.8 Å². The Morgan fingerprint density at radius 3 is 2.70 bits per heavy atom. The SMILES string of the molecule is CC/C(=C\c1c(C)nn(C)c1-n1ccc2ccc(OC(C)C)cc21)C(=O)O. The van der Waals surface area contributed by atoms with Gasteiger partial charge in [0.2, 0.25) is 0 Å². The fourth-order valence-electron chi connectivity index (χ4n) is 3.24. The maximum atomic E-state index is 11.5. The van der Waals surface area contributed by atoms with E-state index in [0.29, 0.717) is 12.0 Å². The number of aromatic nitrogens is 3. The van der Waals surface area contributed by atoms with Gasteiger partial charge in [-0.3, -0.25) is 4.68 Å². The molecule has 3 rings (SSSR count). The summed E-state index contributed by atoms with van der Waals surface area (Å²) in [5.74, 6) is 0.723. The predicted octanol–water partition coefficient (Wildman–Crippen LogP) is 4.34. The Hall–Kier alpha value is -3.02. The fourth-order valence-corrected chi connectivity index (χ4v) is 3.24. The van der Waals surface area contributed by atoms with Gasteiger partial charge in [0.05, 0.1) is 17.3 Å². The third-order valence-electron chi connectivity index (χ3n) is 4.48. The van der Waals surface area contributed by atoms with E-state index in [1.807, 2.05) is 69.8 Å². The standard InChI is InChI=1S/C21H25N3O3/c1-6-15(21(25)26)11-18-14(4)22-23(5)20(18)24-10-9-16-7-8-17(12-19(16)24)27-13(2)3/h7-13H,6H2,1-5H3,(H,25,26)/b15-11+. The van der Waals surface area contributed by atoms with Crippen molar-refractivity contribution in [2.75, 3.05) is 0 Å². The molecular weight excluding hydrogens is 342 g/mol. The zero-order valence-corrected chi connectivity index (χ0v) is 16.4. The molecular formula is C21H25N3O3. The monoisotopic (exact) mass is 367 g/mol. The van der Waals surface area contributed by atoms with Crippen molar-refractivity contribution in [2.45, 2.75) is 40.2 Å². The Bertz CT molecular complexity index is 1020. The van der Waals surface area contributed by atoms with Crippen LogP contribution in [0.2, 0.25) is 0 Å². The van der Waals surface area contributed by atoms with Gasteiger partial charge < -0.3 is 14.4 Å². The van der Waals surface area contributed by atoms with Gasteiger partial charge in [-0.1, -0.05) is 6.92 Å². The van der Waals surface area contributed by atoms with Crippen LogP contribution in [0.3, 0.4) is 0 Å². The van der Waals surface area contributed by atoms with E-state index in [9.17, 15) is 9.90 Å². The first kappa shape index (κ1) is 18.8. The molecule has 0 saturated carbocycles. The molecule has 0 amide bonds. The van der Waals surface area contributed by atoms with Crippen molar-refractivity contribution in [1.29, 1.82) is 0 Å². The molecule has 3 aromatic rings. The number of nitrogens with zero attached hydrogens (tertiary/aromatic N) is 3. The molecule has 0 aliphatic carbocycles. The molecule has 2 heterocycles. The van der Waals surface area contributed by atoms with E-state index < -0.39 is 5.97 Å². The van der Waals surface area contributed by atoms with Gasteiger partial charge in [-0.2, -0.15) is 5.10 Å². The van der Waals surface area contributed by atoms with Gasteiger partial charge in [0.15, 0.2) is 0 Å². The number of carbonyl (C=O) groups is 1. The van der Waals surface area contributed by atoms with Crippen molar-refractivity contribution in [3.05, 3.63) is 47.3 Å². The van der Waals surface area contributed by atoms with E-state index in [4.69, 9.17) is 4.74 Å². The highest BCUT2D eigenvalue weighted by atomic mass is 16.5. The number of ether oxygens (including phenoxy) is 1. The van der Waals surface area contributed by atoms with Crippen LogP contribution in [0.15, 0.2) is 36.0 Å². The summed E-state index contributed by atoms with van der Waals surface area (Å²) in [7, 11) is 1.87. The molecule has 142 valence electrons. The molecule has 1 N–H and O–H groups in total. The van der Waals surface area contributed by atoms with Crippen molar-refractivity contribution in [2.24, 2.45) is 7.05 Å². The summed E-state index contributed by atoms with van der Waals surface area (Å²) in [4.78, 5) is 11.5. The van der Waals surface area contributed by atoms with Crippen LogP contribution in [0, 0.1) is 6.92 Å². The van der Waals surface area contributed by atoms with Crippen LogP contribution in [0.25, 0.3) is 22.8 Å². The predicted molar refractivity (Wildman–Crippen MR) is 106 cm³/mol. The van der Waals surface area contributed by atoms with Crippen LogP contribution in [0.5, 0.6) is 5.75 Å². The number of rotatable bonds is 6. The van der Waals surface area contributed by atoms with Crippen LogP contribution >= 0.6 is 0 Å². The molecule has 0 spiro atoms. The van der Waals surface area contributed by atoms with Crippen molar-refractivity contribution < 1.29 is 14.6 Å². The number of fused-ring (bicyclic) bond motifs is 1. The lowest BCUT2D eigenvalue weighted by molar-refractivity contribution is -0.132. The minimum Gasteiger partial charge on any atom is -0.491 e. The summed E-state index contributed by atoms with van der Waals surface area (Å²) in [6.45, 7) is 7.72. The average molecular weight is 367 g/mol. The highest BCUT2D eigenvalue weighted by Crippen LogP contribution is 2.29. The summed E-state index contributed by atoms with van der Waals surface area (Å²) in [6, 6.07) is 8.02. The van der Waals surface area contributed by atoms with Gasteiger partial charge in [0.1, 0.15) is 11.6 Å². The van der Waals surface area contributed by atoms with Gasteiger partial charge in [-0.25, -0.2) is 4.79 Å². The first-order chi connectivity index (χ1) is 12.8. The molecule has 1 aromatic carbocycles. The molecule has 0 unspecified atom stereocenters. The van der Waals surface area contributed by atoms with E-state index in [0.717, 1.165) is 33.7 Å². The van der Waals surface area contributed by atoms with Gasteiger partial charge in [-0.05, 0) is 51.5 Å². The molecule has 0 fully saturated rings. The summed E-state index contributed by atoms with van der Waals surface area (Å²) in [5, 5.41) is 15.0. The number of carboxylic acid groups (broad SMARTS) is 1. The highest BCUT2D eigenvalue weighted by Gasteiger charge is 2.17. The minimum atomic E-state index is -0.906. The molecule has 6 heteroatoms. The maximum Gasteiger partial charge on any atom is 0.331 e. The van der Waals surface area contributed by atoms with E-state index in [2.05, 4.69) is 5.10 Å². The zero-order chi connectivity index (χ0) is 19.7. The third kappa shape index (κ3) is 3.60. The van der Waals surface area contributed by atoms with Crippen LogP contribution in [0.1, 0.15) is 38.4 Å². The van der Waals surface area contributed by atoms with Crippen LogP contribution in [0.4, 0.5) is 0 Å². The lowest BCUT2D eigenvalue weighted by atomic mass is 10.1. The first-order valence-electron chi connectivity index (χ1n) is 9.07. The largest absolute Gasteiger partial charge is 0.491 e. The van der Waals surface area contributed by atoms with Crippen molar-refractivity contribution in [1.82, 2.24) is 14.3 Å². The Kier molecular flexibility index (Phi) is 5.08. The molecule has 0 bridgehead atoms. The second-order valence-corrected chi connectivity index (χ2v) is 6.85. The van der Waals surface area contributed by atoms with E-state index in [-0.39, 0.29) is 6.10 Å².